The molecule has 0 N–H and O–H groups in total. The van der Waals surface area contributed by atoms with Crippen molar-refractivity contribution in [3.8, 4) is 6.07 Å². The van der Waals surface area contributed by atoms with Crippen molar-refractivity contribution >= 4 is 9.28 Å². The average Bonchev–Trinajstić information content (AvgIpc) is 2.06. The van der Waals surface area contributed by atoms with Crippen LogP contribution < -0.4 is 0 Å². The van der Waals surface area contributed by atoms with E-state index in [4.69, 9.17) is 14.1 Å². The molecule has 4 heteroatoms. The largest absolute Gasteiger partial charge is 0.405 e. The Morgan fingerprint density at radius 2 is 1.91 bits per heavy atom. The Bertz CT molecular complexity index is 153. The van der Waals surface area contributed by atoms with Crippen LogP contribution in [0.3, 0.4) is 0 Å². The van der Waals surface area contributed by atoms with Gasteiger partial charge in [0.15, 0.2) is 0 Å². The molecule has 0 saturated heterocycles. The predicted octanol–water partition coefficient (Wildman–Crippen LogP) is 1.46. The zero-order chi connectivity index (χ0) is 8.91. The molecule has 0 heterocycles. The van der Waals surface area contributed by atoms with Crippen LogP contribution in [0.4, 0.5) is 0 Å². The molecule has 3 nitrogen and oxygen atoms in total. The quantitative estimate of drug-likeness (QED) is 0.603. The SMILES string of the molecule is CCC(C)(C#N)[Si](OC)OC. The van der Waals surface area contributed by atoms with E-state index in [1.54, 1.807) is 14.2 Å². The number of rotatable bonds is 4. The van der Waals surface area contributed by atoms with Crippen molar-refractivity contribution in [2.24, 2.45) is 0 Å². The Hall–Kier alpha value is -0.373. The van der Waals surface area contributed by atoms with Crippen molar-refractivity contribution in [2.75, 3.05) is 14.2 Å². The Labute approximate surface area is 69.8 Å². The number of hydrogen-bond donors (Lipinski definition) is 0. The first-order valence-electron chi connectivity index (χ1n) is 3.51. The summed E-state index contributed by atoms with van der Waals surface area (Å²) in [5.41, 5.74) is 0. The molecule has 0 spiro atoms. The average molecular weight is 172 g/mol. The molecule has 1 atom stereocenters. The van der Waals surface area contributed by atoms with Gasteiger partial charge in [-0.3, -0.25) is 0 Å². The van der Waals surface area contributed by atoms with E-state index < -0.39 is 14.3 Å². The van der Waals surface area contributed by atoms with E-state index in [2.05, 4.69) is 6.07 Å². The molecule has 1 radical (unpaired) electrons. The molecule has 0 rings (SSSR count). The number of nitriles is 1. The van der Waals surface area contributed by atoms with Gasteiger partial charge in [-0.25, -0.2) is 0 Å². The van der Waals surface area contributed by atoms with Crippen LogP contribution in [-0.4, -0.2) is 23.5 Å². The van der Waals surface area contributed by atoms with Gasteiger partial charge in [0, 0.05) is 14.2 Å². The normalized spacial score (nSPS) is 16.0. The third-order valence-corrected chi connectivity index (χ3v) is 3.88. The summed E-state index contributed by atoms with van der Waals surface area (Å²) in [4.78, 5) is 0. The molecule has 1 unspecified atom stereocenters. The molecular weight excluding hydrogens is 158 g/mol. The molecule has 11 heavy (non-hydrogen) atoms. The highest BCUT2D eigenvalue weighted by Crippen LogP contribution is 2.32. The molecule has 0 saturated carbocycles. The minimum absolute atomic E-state index is 0.436. The maximum absolute atomic E-state index is 8.83. The highest BCUT2D eigenvalue weighted by atomic mass is 28.3. The molecule has 0 aliphatic carbocycles. The summed E-state index contributed by atoms with van der Waals surface area (Å²) in [7, 11) is 1.75. The van der Waals surface area contributed by atoms with Crippen LogP contribution in [0.5, 0.6) is 0 Å². The lowest BCUT2D eigenvalue weighted by Crippen LogP contribution is -2.33. The predicted molar refractivity (Wildman–Crippen MR) is 44.0 cm³/mol. The van der Waals surface area contributed by atoms with Crippen LogP contribution in [0.15, 0.2) is 0 Å². The lowest BCUT2D eigenvalue weighted by Gasteiger charge is -2.23. The van der Waals surface area contributed by atoms with Crippen molar-refractivity contribution in [1.82, 2.24) is 0 Å². The minimum atomic E-state index is -1.42. The fourth-order valence-electron chi connectivity index (χ4n) is 0.803. The van der Waals surface area contributed by atoms with Gasteiger partial charge < -0.3 is 8.85 Å². The van der Waals surface area contributed by atoms with Gasteiger partial charge in [0.05, 0.1) is 11.1 Å². The second-order valence-corrected chi connectivity index (χ2v) is 4.99. The molecule has 0 aromatic heterocycles. The highest BCUT2D eigenvalue weighted by molar-refractivity contribution is 6.49. The van der Waals surface area contributed by atoms with Gasteiger partial charge in [-0.1, -0.05) is 6.92 Å². The maximum Gasteiger partial charge on any atom is 0.405 e. The van der Waals surface area contributed by atoms with Crippen molar-refractivity contribution < 1.29 is 8.85 Å². The molecule has 0 aliphatic heterocycles. The summed E-state index contributed by atoms with van der Waals surface area (Å²) in [6.45, 7) is 3.83. The lowest BCUT2D eigenvalue weighted by atomic mass is 10.1. The fourth-order valence-corrected chi connectivity index (χ4v) is 2.25. The van der Waals surface area contributed by atoms with E-state index in [1.807, 2.05) is 13.8 Å². The first kappa shape index (κ1) is 10.6. The van der Waals surface area contributed by atoms with Crippen LogP contribution in [0.2, 0.25) is 5.04 Å². The third-order valence-electron chi connectivity index (χ3n) is 1.78. The Balaban J connectivity index is 4.35. The van der Waals surface area contributed by atoms with E-state index in [1.165, 1.54) is 0 Å². The van der Waals surface area contributed by atoms with Gasteiger partial charge in [0.25, 0.3) is 0 Å². The maximum atomic E-state index is 8.83. The number of hydrogen-bond acceptors (Lipinski definition) is 3. The summed E-state index contributed by atoms with van der Waals surface area (Å²) in [5, 5.41) is 8.40. The van der Waals surface area contributed by atoms with Gasteiger partial charge >= 0.3 is 9.28 Å². The lowest BCUT2D eigenvalue weighted by molar-refractivity contribution is 0.254. The molecule has 0 aromatic carbocycles. The second-order valence-electron chi connectivity index (χ2n) is 2.49. The van der Waals surface area contributed by atoms with E-state index in [9.17, 15) is 0 Å². The van der Waals surface area contributed by atoms with E-state index in [0.717, 1.165) is 6.42 Å². The van der Waals surface area contributed by atoms with Crippen molar-refractivity contribution in [3.05, 3.63) is 0 Å². The summed E-state index contributed by atoms with van der Waals surface area (Å²) in [6.07, 6.45) is 0.763. The Morgan fingerprint density at radius 1 is 1.45 bits per heavy atom. The van der Waals surface area contributed by atoms with E-state index in [-0.39, 0.29) is 0 Å². The van der Waals surface area contributed by atoms with Crippen LogP contribution in [0.1, 0.15) is 20.3 Å². The zero-order valence-corrected chi connectivity index (χ0v) is 8.47. The van der Waals surface area contributed by atoms with E-state index in [0.29, 0.717) is 0 Å². The topological polar surface area (TPSA) is 42.2 Å². The van der Waals surface area contributed by atoms with Gasteiger partial charge in [-0.15, -0.1) is 0 Å². The van der Waals surface area contributed by atoms with Gasteiger partial charge in [-0.2, -0.15) is 5.26 Å². The molecule has 0 bridgehead atoms. The summed E-state index contributed by atoms with van der Waals surface area (Å²) >= 11 is 0. The smallest absolute Gasteiger partial charge is 0.396 e. The van der Waals surface area contributed by atoms with Gasteiger partial charge in [0.2, 0.25) is 0 Å². The molecule has 63 valence electrons. The monoisotopic (exact) mass is 172 g/mol. The molecular formula is C7H14NO2Si. The van der Waals surface area contributed by atoms with Crippen molar-refractivity contribution in [1.29, 1.82) is 5.26 Å². The summed E-state index contributed by atoms with van der Waals surface area (Å²) in [5.74, 6) is 0. The first-order valence-corrected chi connectivity index (χ1v) is 4.83. The van der Waals surface area contributed by atoms with Gasteiger partial charge in [0.1, 0.15) is 0 Å². The van der Waals surface area contributed by atoms with Crippen LogP contribution in [0.25, 0.3) is 0 Å². The third kappa shape index (κ3) is 2.29. The van der Waals surface area contributed by atoms with Crippen LogP contribution in [-0.2, 0) is 8.85 Å². The number of nitrogens with zero attached hydrogens (tertiary/aromatic N) is 1. The summed E-state index contributed by atoms with van der Waals surface area (Å²) < 4.78 is 10.2. The molecule has 0 aliphatic rings. The molecule has 0 amide bonds. The minimum Gasteiger partial charge on any atom is -0.396 e. The fraction of sp³-hybridized carbons (Fsp3) is 0.857. The zero-order valence-electron chi connectivity index (χ0n) is 7.47. The molecule has 0 fully saturated rings. The van der Waals surface area contributed by atoms with Gasteiger partial charge in [-0.05, 0) is 13.3 Å². The first-order chi connectivity index (χ1) is 5.14. The van der Waals surface area contributed by atoms with E-state index >= 15 is 0 Å². The highest BCUT2D eigenvalue weighted by Gasteiger charge is 2.38. The summed E-state index contributed by atoms with van der Waals surface area (Å²) in [6, 6.07) is 2.23. The Morgan fingerprint density at radius 3 is 2.00 bits per heavy atom. The van der Waals surface area contributed by atoms with Crippen molar-refractivity contribution in [3.63, 3.8) is 0 Å². The second kappa shape index (κ2) is 4.49. The molecule has 0 aromatic rings. The van der Waals surface area contributed by atoms with Crippen LogP contribution >= 0.6 is 0 Å². The van der Waals surface area contributed by atoms with Crippen molar-refractivity contribution in [2.45, 2.75) is 25.3 Å². The standard InChI is InChI=1S/C7H14NO2Si/c1-5-7(2,6-8)11(9-3)10-4/h5H2,1-4H3. The van der Waals surface area contributed by atoms with Crippen LogP contribution in [0, 0.1) is 11.3 Å². The Kier molecular flexibility index (Phi) is 4.34.